The van der Waals surface area contributed by atoms with Gasteiger partial charge < -0.3 is 11.1 Å². The van der Waals surface area contributed by atoms with Crippen molar-refractivity contribution in [2.75, 3.05) is 6.54 Å². The van der Waals surface area contributed by atoms with Crippen LogP contribution in [0.1, 0.15) is 30.1 Å². The van der Waals surface area contributed by atoms with Crippen LogP contribution in [0.5, 0.6) is 0 Å². The van der Waals surface area contributed by atoms with Gasteiger partial charge in [-0.3, -0.25) is 4.79 Å². The average molecular weight is 296 g/mol. The van der Waals surface area contributed by atoms with Crippen molar-refractivity contribution in [2.45, 2.75) is 25.8 Å². The topological polar surface area (TPSA) is 55.1 Å². The van der Waals surface area contributed by atoms with Gasteiger partial charge in [-0.2, -0.15) is 0 Å². The number of carbonyl (C=O) groups is 1. The number of hydrogen-bond donors (Lipinski definition) is 2. The molecule has 0 saturated carbocycles. The summed E-state index contributed by atoms with van der Waals surface area (Å²) in [5.74, 6) is -12.3. The lowest BCUT2D eigenvalue weighted by Crippen LogP contribution is -2.31. The Hall–Kier alpha value is -1.70. The molecule has 0 aliphatic carbocycles. The van der Waals surface area contributed by atoms with Gasteiger partial charge >= 0.3 is 0 Å². The lowest BCUT2D eigenvalue weighted by Gasteiger charge is -2.11. The highest BCUT2D eigenvalue weighted by Crippen LogP contribution is 2.22. The molecule has 0 bridgehead atoms. The number of halogens is 5. The van der Waals surface area contributed by atoms with Crippen molar-refractivity contribution in [1.29, 1.82) is 0 Å². The molecule has 1 aromatic rings. The Morgan fingerprint density at radius 3 is 1.95 bits per heavy atom. The lowest BCUT2D eigenvalue weighted by atomic mass is 10.1. The normalized spacial score (nSPS) is 12.3. The number of benzene rings is 1. The largest absolute Gasteiger partial charge is 0.352 e. The summed E-state index contributed by atoms with van der Waals surface area (Å²) in [5.41, 5.74) is 4.06. The molecule has 8 heteroatoms. The van der Waals surface area contributed by atoms with Crippen LogP contribution in [0.4, 0.5) is 22.0 Å². The van der Waals surface area contributed by atoms with Crippen molar-refractivity contribution >= 4 is 5.91 Å². The van der Waals surface area contributed by atoms with E-state index < -0.39 is 40.6 Å². The number of rotatable bonds is 5. The summed E-state index contributed by atoms with van der Waals surface area (Å²) in [4.78, 5) is 11.5. The van der Waals surface area contributed by atoms with Gasteiger partial charge in [-0.05, 0) is 12.8 Å². The summed E-state index contributed by atoms with van der Waals surface area (Å²) in [6.45, 7) is 1.77. The van der Waals surface area contributed by atoms with Crippen LogP contribution in [0.15, 0.2) is 0 Å². The van der Waals surface area contributed by atoms with E-state index in [4.69, 9.17) is 5.73 Å². The second-order valence-corrected chi connectivity index (χ2v) is 4.16. The van der Waals surface area contributed by atoms with Crippen molar-refractivity contribution < 1.29 is 26.7 Å². The maximum absolute atomic E-state index is 13.3. The van der Waals surface area contributed by atoms with Gasteiger partial charge in [0.05, 0.1) is 0 Å². The molecule has 1 aromatic carbocycles. The van der Waals surface area contributed by atoms with Crippen LogP contribution in [0.3, 0.4) is 0 Å². The molecule has 1 rings (SSSR count). The van der Waals surface area contributed by atoms with Crippen LogP contribution in [0, 0.1) is 29.1 Å². The highest BCUT2D eigenvalue weighted by atomic mass is 19.2. The Morgan fingerprint density at radius 2 is 1.50 bits per heavy atom. The standard InChI is InChI=1S/C12H13F5N2O/c1-2-5(18)3-4-19-12(20)6-7(13)9(15)11(17)10(16)8(6)14/h5H,2-4,18H2,1H3,(H,19,20). The monoisotopic (exact) mass is 296 g/mol. The minimum absolute atomic E-state index is 0.0344. The summed E-state index contributed by atoms with van der Waals surface area (Å²) in [5, 5.41) is 2.07. The first-order valence-electron chi connectivity index (χ1n) is 5.86. The van der Waals surface area contributed by atoms with Crippen LogP contribution in [-0.2, 0) is 0 Å². The molecule has 3 N–H and O–H groups in total. The van der Waals surface area contributed by atoms with Crippen LogP contribution >= 0.6 is 0 Å². The maximum Gasteiger partial charge on any atom is 0.257 e. The summed E-state index contributed by atoms with van der Waals surface area (Å²) in [7, 11) is 0. The summed E-state index contributed by atoms with van der Waals surface area (Å²) < 4.78 is 65.2. The molecular weight excluding hydrogens is 283 g/mol. The van der Waals surface area contributed by atoms with Crippen molar-refractivity contribution in [3.8, 4) is 0 Å². The average Bonchev–Trinajstić information content (AvgIpc) is 2.43. The molecule has 20 heavy (non-hydrogen) atoms. The second-order valence-electron chi connectivity index (χ2n) is 4.16. The Bertz CT molecular complexity index is 492. The van der Waals surface area contributed by atoms with Gasteiger partial charge in [0.1, 0.15) is 5.56 Å². The number of nitrogens with one attached hydrogen (secondary N) is 1. The zero-order chi connectivity index (χ0) is 15.4. The molecule has 1 amide bonds. The smallest absolute Gasteiger partial charge is 0.257 e. The molecule has 0 saturated heterocycles. The van der Waals surface area contributed by atoms with E-state index in [1.165, 1.54) is 0 Å². The minimum atomic E-state index is -2.30. The summed E-state index contributed by atoms with van der Waals surface area (Å²) in [6.07, 6.45) is 0.941. The van der Waals surface area contributed by atoms with Gasteiger partial charge in [0.15, 0.2) is 23.3 Å². The SMILES string of the molecule is CCC(N)CCNC(=O)c1c(F)c(F)c(F)c(F)c1F. The maximum atomic E-state index is 13.3. The summed E-state index contributed by atoms with van der Waals surface area (Å²) in [6, 6.07) is -0.230. The zero-order valence-electron chi connectivity index (χ0n) is 10.6. The highest BCUT2D eigenvalue weighted by molar-refractivity contribution is 5.94. The van der Waals surface area contributed by atoms with E-state index in [0.29, 0.717) is 12.8 Å². The van der Waals surface area contributed by atoms with E-state index >= 15 is 0 Å². The number of amides is 1. The number of carbonyl (C=O) groups excluding carboxylic acids is 1. The van der Waals surface area contributed by atoms with Crippen LogP contribution in [0.25, 0.3) is 0 Å². The molecule has 0 aliphatic heterocycles. The third kappa shape index (κ3) is 3.24. The van der Waals surface area contributed by atoms with Gasteiger partial charge in [-0.15, -0.1) is 0 Å². The summed E-state index contributed by atoms with van der Waals surface area (Å²) >= 11 is 0. The molecule has 0 spiro atoms. The predicted molar refractivity (Wildman–Crippen MR) is 61.4 cm³/mol. The molecule has 0 fully saturated rings. The molecule has 0 aromatic heterocycles. The fourth-order valence-corrected chi connectivity index (χ4v) is 1.47. The molecular formula is C12H13F5N2O. The molecule has 112 valence electrons. The van der Waals surface area contributed by atoms with Gasteiger partial charge in [0.2, 0.25) is 5.82 Å². The quantitative estimate of drug-likeness (QED) is 0.497. The first-order valence-corrected chi connectivity index (χ1v) is 5.86. The fraction of sp³-hybridized carbons (Fsp3) is 0.417. The van der Waals surface area contributed by atoms with Gasteiger partial charge in [-0.1, -0.05) is 6.92 Å². The third-order valence-corrected chi connectivity index (χ3v) is 2.76. The number of hydrogen-bond acceptors (Lipinski definition) is 2. The molecule has 3 nitrogen and oxygen atoms in total. The Labute approximate surface area is 112 Å². The predicted octanol–water partition coefficient (Wildman–Crippen LogP) is 2.24. The van der Waals surface area contributed by atoms with Crippen LogP contribution in [0.2, 0.25) is 0 Å². The van der Waals surface area contributed by atoms with Crippen molar-refractivity contribution in [1.82, 2.24) is 5.32 Å². The fourth-order valence-electron chi connectivity index (χ4n) is 1.47. The molecule has 1 unspecified atom stereocenters. The van der Waals surface area contributed by atoms with Crippen molar-refractivity contribution in [3.63, 3.8) is 0 Å². The first kappa shape index (κ1) is 16.4. The Morgan fingerprint density at radius 1 is 1.05 bits per heavy atom. The van der Waals surface area contributed by atoms with Gasteiger partial charge in [0, 0.05) is 12.6 Å². The van der Waals surface area contributed by atoms with Crippen LogP contribution < -0.4 is 11.1 Å². The zero-order valence-corrected chi connectivity index (χ0v) is 10.6. The molecule has 0 aliphatic rings. The van der Waals surface area contributed by atoms with Crippen LogP contribution in [-0.4, -0.2) is 18.5 Å². The highest BCUT2D eigenvalue weighted by Gasteiger charge is 2.29. The lowest BCUT2D eigenvalue weighted by molar-refractivity contribution is 0.0940. The third-order valence-electron chi connectivity index (χ3n) is 2.76. The van der Waals surface area contributed by atoms with Crippen molar-refractivity contribution in [2.24, 2.45) is 5.73 Å². The number of nitrogens with two attached hydrogens (primary N) is 1. The molecule has 0 heterocycles. The Kier molecular flexibility index (Phi) is 5.43. The van der Waals surface area contributed by atoms with E-state index in [-0.39, 0.29) is 12.6 Å². The van der Waals surface area contributed by atoms with Crippen molar-refractivity contribution in [3.05, 3.63) is 34.6 Å². The van der Waals surface area contributed by atoms with E-state index in [1.807, 2.05) is 0 Å². The first-order chi connectivity index (χ1) is 9.31. The van der Waals surface area contributed by atoms with Gasteiger partial charge in [0.25, 0.3) is 5.91 Å². The molecule has 0 radical (unpaired) electrons. The van der Waals surface area contributed by atoms with E-state index in [2.05, 4.69) is 5.32 Å². The van der Waals surface area contributed by atoms with Gasteiger partial charge in [-0.25, -0.2) is 22.0 Å². The molecule has 1 atom stereocenters. The Balaban J connectivity index is 2.94. The van der Waals surface area contributed by atoms with E-state index in [9.17, 15) is 26.7 Å². The minimum Gasteiger partial charge on any atom is -0.352 e. The second kappa shape index (κ2) is 6.65. The van der Waals surface area contributed by atoms with E-state index in [0.717, 1.165) is 0 Å². The van der Waals surface area contributed by atoms with E-state index in [1.54, 1.807) is 6.92 Å².